The molecule has 0 saturated carbocycles. The Morgan fingerprint density at radius 3 is 2.56 bits per heavy atom. The number of rotatable bonds is 10. The van der Waals surface area contributed by atoms with Crippen molar-refractivity contribution < 1.29 is 4.74 Å². The number of para-hydroxylation sites is 1. The van der Waals surface area contributed by atoms with Crippen LogP contribution in [0.15, 0.2) is 53.9 Å². The van der Waals surface area contributed by atoms with Crippen molar-refractivity contribution in [2.45, 2.75) is 59.4 Å². The van der Waals surface area contributed by atoms with Crippen LogP contribution in [0.3, 0.4) is 0 Å². The van der Waals surface area contributed by atoms with E-state index in [1.165, 1.54) is 5.56 Å². The van der Waals surface area contributed by atoms with Gasteiger partial charge in [-0.05, 0) is 49.9 Å². The van der Waals surface area contributed by atoms with E-state index in [1.54, 1.807) is 13.2 Å². The molecule has 3 aromatic rings. The smallest absolute Gasteiger partial charge is 0.200 e. The number of aromatic nitrogens is 4. The first-order valence-electron chi connectivity index (χ1n) is 11.2. The molecule has 0 spiro atoms. The zero-order valence-corrected chi connectivity index (χ0v) is 19.9. The van der Waals surface area contributed by atoms with Gasteiger partial charge in [0.2, 0.25) is 0 Å². The number of hydrogen-bond acceptors (Lipinski definition) is 6. The van der Waals surface area contributed by atoms with Crippen molar-refractivity contribution in [1.29, 1.82) is 0 Å². The molecular weight excluding hydrogens is 402 g/mol. The monoisotopic (exact) mass is 437 g/mol. The Labute approximate surface area is 190 Å². The number of ether oxygens (including phenoxy) is 1. The Morgan fingerprint density at radius 1 is 1.16 bits per heavy atom. The molecule has 2 aromatic heterocycles. The summed E-state index contributed by atoms with van der Waals surface area (Å²) in [6.45, 7) is 11.7. The van der Waals surface area contributed by atoms with Crippen LogP contribution in [0.25, 0.3) is 5.69 Å². The lowest BCUT2D eigenvalue weighted by molar-refractivity contribution is 0.258. The molecule has 8 nitrogen and oxygen atoms in total. The third-order valence-corrected chi connectivity index (χ3v) is 5.47. The number of nitrogens with one attached hydrogen (secondary N) is 2. The lowest BCUT2D eigenvalue weighted by Crippen LogP contribution is -2.47. The number of nitrogens with zero attached hydrogens (tertiary/aromatic N) is 5. The summed E-state index contributed by atoms with van der Waals surface area (Å²) in [5.74, 6) is 1.07. The van der Waals surface area contributed by atoms with Gasteiger partial charge in [-0.25, -0.2) is 9.36 Å². The van der Waals surface area contributed by atoms with E-state index >= 15 is 0 Å². The van der Waals surface area contributed by atoms with Crippen molar-refractivity contribution in [3.05, 3.63) is 65.7 Å². The minimum absolute atomic E-state index is 0.0927. The summed E-state index contributed by atoms with van der Waals surface area (Å²) in [4.78, 5) is 4.31. The average molecular weight is 438 g/mol. The Balaban J connectivity index is 1.87. The van der Waals surface area contributed by atoms with Gasteiger partial charge in [0, 0.05) is 31.7 Å². The zero-order valence-electron chi connectivity index (χ0n) is 19.9. The normalized spacial score (nSPS) is 14.0. The predicted molar refractivity (Wildman–Crippen MR) is 128 cm³/mol. The maximum Gasteiger partial charge on any atom is 0.200 e. The molecule has 0 amide bonds. The molecule has 8 heteroatoms. The third-order valence-electron chi connectivity index (χ3n) is 5.47. The van der Waals surface area contributed by atoms with Gasteiger partial charge >= 0.3 is 0 Å². The van der Waals surface area contributed by atoms with Crippen LogP contribution in [0.5, 0.6) is 0 Å². The molecule has 0 aliphatic heterocycles. The highest BCUT2D eigenvalue weighted by Crippen LogP contribution is 2.21. The summed E-state index contributed by atoms with van der Waals surface area (Å²) in [7, 11) is 1.75. The second kappa shape index (κ2) is 11.1. The van der Waals surface area contributed by atoms with Crippen LogP contribution in [-0.4, -0.2) is 45.2 Å². The predicted octanol–water partition coefficient (Wildman–Crippen LogP) is 3.79. The highest BCUT2D eigenvalue weighted by Gasteiger charge is 2.22. The summed E-state index contributed by atoms with van der Waals surface area (Å²) in [5.41, 5.74) is 4.54. The molecule has 2 heterocycles. The lowest BCUT2D eigenvalue weighted by atomic mass is 10.1. The second-order valence-corrected chi connectivity index (χ2v) is 8.03. The van der Waals surface area contributed by atoms with Gasteiger partial charge in [0.25, 0.3) is 0 Å². The Morgan fingerprint density at radius 2 is 1.94 bits per heavy atom. The van der Waals surface area contributed by atoms with Gasteiger partial charge in [0.15, 0.2) is 12.2 Å². The Kier molecular flexibility index (Phi) is 8.19. The van der Waals surface area contributed by atoms with Crippen molar-refractivity contribution in [1.82, 2.24) is 30.2 Å². The average Bonchev–Trinajstić information content (AvgIpc) is 3.45. The molecular formula is C24H35N7O. The Hall–Kier alpha value is -2.97. The maximum absolute atomic E-state index is 5.71. The fourth-order valence-corrected chi connectivity index (χ4v) is 3.82. The molecule has 2 N–H and O–H groups in total. The van der Waals surface area contributed by atoms with Crippen LogP contribution in [0, 0.1) is 6.92 Å². The number of benzene rings is 1. The fraction of sp³-hybridized carbons (Fsp3) is 0.458. The summed E-state index contributed by atoms with van der Waals surface area (Å²) in [6, 6.07) is 10.1. The summed E-state index contributed by atoms with van der Waals surface area (Å²) in [5, 5.41) is 16.3. The second-order valence-electron chi connectivity index (χ2n) is 8.03. The first-order valence-corrected chi connectivity index (χ1v) is 11.2. The fourth-order valence-electron chi connectivity index (χ4n) is 3.82. The van der Waals surface area contributed by atoms with Crippen LogP contribution >= 0.6 is 0 Å². The van der Waals surface area contributed by atoms with Gasteiger partial charge < -0.3 is 4.74 Å². The largest absolute Gasteiger partial charge is 0.480 e. The quantitative estimate of drug-likeness (QED) is 0.287. The summed E-state index contributed by atoms with van der Waals surface area (Å²) in [6.07, 6.45) is 5.45. The molecule has 32 heavy (non-hydrogen) atoms. The van der Waals surface area contributed by atoms with E-state index in [9.17, 15) is 0 Å². The van der Waals surface area contributed by atoms with Crippen molar-refractivity contribution in [3.63, 3.8) is 0 Å². The number of aliphatic imine (C=N–C) groups is 1. The van der Waals surface area contributed by atoms with E-state index in [1.807, 2.05) is 53.8 Å². The van der Waals surface area contributed by atoms with Crippen molar-refractivity contribution >= 4 is 5.90 Å². The van der Waals surface area contributed by atoms with Crippen LogP contribution in [0.1, 0.15) is 56.7 Å². The molecule has 1 aromatic carbocycles. The van der Waals surface area contributed by atoms with Gasteiger partial charge in [-0.15, -0.1) is 0 Å². The van der Waals surface area contributed by atoms with Gasteiger partial charge in [-0.2, -0.15) is 10.2 Å². The first-order chi connectivity index (χ1) is 15.5. The third kappa shape index (κ3) is 5.44. The van der Waals surface area contributed by atoms with Crippen LogP contribution in [-0.2, 0) is 11.3 Å². The van der Waals surface area contributed by atoms with Crippen LogP contribution in [0.2, 0.25) is 0 Å². The van der Waals surface area contributed by atoms with E-state index in [4.69, 9.17) is 9.84 Å². The van der Waals surface area contributed by atoms with Crippen molar-refractivity contribution in [2.24, 2.45) is 4.99 Å². The van der Waals surface area contributed by atoms with E-state index in [0.717, 1.165) is 16.9 Å². The van der Waals surface area contributed by atoms with Gasteiger partial charge in [-0.1, -0.05) is 32.0 Å². The standard InChI is InChI=1S/C24H35N7O/c1-7-32-23(25-6)18(4)29-24(31-19(5)21(16-28-31)17(2)3)26-15-20-11-8-9-12-22(20)30-14-10-13-27-30/h8-14,16-18,24,26,29H,7,15H2,1-6H3. The van der Waals surface area contributed by atoms with Crippen molar-refractivity contribution in [2.75, 3.05) is 13.7 Å². The maximum atomic E-state index is 5.71. The molecule has 3 rings (SSSR count). The van der Waals surface area contributed by atoms with E-state index < -0.39 is 0 Å². The molecule has 0 aliphatic carbocycles. The first kappa shape index (κ1) is 23.7. The molecule has 0 saturated heterocycles. The zero-order chi connectivity index (χ0) is 23.1. The van der Waals surface area contributed by atoms with Gasteiger partial charge in [0.1, 0.15) is 0 Å². The molecule has 172 valence electrons. The summed E-state index contributed by atoms with van der Waals surface area (Å²) >= 11 is 0. The van der Waals surface area contributed by atoms with Crippen molar-refractivity contribution in [3.8, 4) is 5.69 Å². The SMILES string of the molecule is CCOC(=NC)C(C)NC(NCc1ccccc1-n1cccn1)n1ncc(C(C)C)c1C. The molecule has 0 radical (unpaired) electrons. The number of hydrogen-bond donors (Lipinski definition) is 2. The molecule has 2 unspecified atom stereocenters. The minimum atomic E-state index is -0.250. The van der Waals surface area contributed by atoms with Crippen LogP contribution < -0.4 is 10.6 Å². The lowest BCUT2D eigenvalue weighted by Gasteiger charge is -2.27. The van der Waals surface area contributed by atoms with Gasteiger partial charge in [0.05, 0.1) is 24.5 Å². The molecule has 0 aliphatic rings. The minimum Gasteiger partial charge on any atom is -0.480 e. The van der Waals surface area contributed by atoms with E-state index in [0.29, 0.717) is 25.0 Å². The van der Waals surface area contributed by atoms with E-state index in [-0.39, 0.29) is 12.3 Å². The highest BCUT2D eigenvalue weighted by molar-refractivity contribution is 5.81. The van der Waals surface area contributed by atoms with E-state index in [2.05, 4.69) is 53.6 Å². The molecule has 0 bridgehead atoms. The van der Waals surface area contributed by atoms with Gasteiger partial charge in [-0.3, -0.25) is 15.6 Å². The summed E-state index contributed by atoms with van der Waals surface area (Å²) < 4.78 is 9.60. The van der Waals surface area contributed by atoms with Crippen LogP contribution in [0.4, 0.5) is 0 Å². The molecule has 2 atom stereocenters. The topological polar surface area (TPSA) is 81.3 Å². The highest BCUT2D eigenvalue weighted by atomic mass is 16.5. The molecule has 0 fully saturated rings. The Bertz CT molecular complexity index is 1010.